The molecule has 0 aliphatic heterocycles. The number of aliphatic hydroxyl groups excluding tert-OH is 1. The van der Waals surface area contributed by atoms with Gasteiger partial charge in [-0.05, 0) is 48.6 Å². The summed E-state index contributed by atoms with van der Waals surface area (Å²) in [4.78, 5) is 13.3. The molecule has 3 rings (SSSR count). The molecule has 3 N–H and O–H groups in total. The fourth-order valence-electron chi connectivity index (χ4n) is 4.39. The van der Waals surface area contributed by atoms with Gasteiger partial charge in [-0.1, -0.05) is 80.6 Å². The molecule has 0 bridgehead atoms. The summed E-state index contributed by atoms with van der Waals surface area (Å²) < 4.78 is 26.3. The van der Waals surface area contributed by atoms with E-state index in [1.807, 2.05) is 55.5 Å². The zero-order valence-electron chi connectivity index (χ0n) is 22.4. The standard InChI is InChI=1S/C30H39N3O4S/c1-4-19-38(36,37)33(3)26-18-12-17-25(21-26)30(35)32-28(20-23-13-8-6-9-14-23)29(34)22-31-27(5-2)24-15-10-7-11-16-24/h6-18,21,27-29,31,34H,4-5,19-20,22H2,1-3H3,(H,32,35)/t27-,28?,29?/m0/s1. The highest BCUT2D eigenvalue weighted by Crippen LogP contribution is 2.20. The third-order valence-electron chi connectivity index (χ3n) is 6.61. The molecule has 3 aromatic carbocycles. The molecular weight excluding hydrogens is 498 g/mol. The van der Waals surface area contributed by atoms with Gasteiger partial charge in [0.1, 0.15) is 0 Å². The van der Waals surface area contributed by atoms with Crippen LogP contribution in [0.1, 0.15) is 54.2 Å². The minimum atomic E-state index is -3.47. The van der Waals surface area contributed by atoms with Crippen LogP contribution < -0.4 is 14.9 Å². The average Bonchev–Trinajstić information content (AvgIpc) is 2.93. The number of aliphatic hydroxyl groups is 1. The highest BCUT2D eigenvalue weighted by Gasteiger charge is 2.24. The van der Waals surface area contributed by atoms with Gasteiger partial charge in [-0.25, -0.2) is 8.42 Å². The van der Waals surface area contributed by atoms with E-state index in [9.17, 15) is 18.3 Å². The fraction of sp³-hybridized carbons (Fsp3) is 0.367. The van der Waals surface area contributed by atoms with E-state index >= 15 is 0 Å². The zero-order valence-corrected chi connectivity index (χ0v) is 23.2. The smallest absolute Gasteiger partial charge is 0.251 e. The third kappa shape index (κ3) is 8.15. The summed E-state index contributed by atoms with van der Waals surface area (Å²) >= 11 is 0. The van der Waals surface area contributed by atoms with Crippen LogP contribution in [-0.2, 0) is 16.4 Å². The van der Waals surface area contributed by atoms with Gasteiger partial charge >= 0.3 is 0 Å². The summed E-state index contributed by atoms with van der Waals surface area (Å²) in [5, 5.41) is 17.6. The quantitative estimate of drug-likeness (QED) is 0.285. The van der Waals surface area contributed by atoms with E-state index in [0.717, 1.165) is 17.5 Å². The van der Waals surface area contributed by atoms with Crippen LogP contribution in [0.25, 0.3) is 0 Å². The van der Waals surface area contributed by atoms with Gasteiger partial charge in [0.25, 0.3) is 5.91 Å². The second-order valence-electron chi connectivity index (χ2n) is 9.45. The van der Waals surface area contributed by atoms with E-state index in [1.165, 1.54) is 11.4 Å². The highest BCUT2D eigenvalue weighted by molar-refractivity contribution is 7.92. The molecule has 0 heterocycles. The topological polar surface area (TPSA) is 98.7 Å². The summed E-state index contributed by atoms with van der Waals surface area (Å²) in [6.07, 6.45) is 0.950. The van der Waals surface area contributed by atoms with Crippen LogP contribution >= 0.6 is 0 Å². The van der Waals surface area contributed by atoms with E-state index in [2.05, 4.69) is 29.7 Å². The molecule has 1 amide bonds. The first-order valence-electron chi connectivity index (χ1n) is 13.1. The molecule has 3 aromatic rings. The largest absolute Gasteiger partial charge is 0.390 e. The SMILES string of the molecule is CCCS(=O)(=O)N(C)c1cccc(C(=O)NC(Cc2ccccc2)C(O)CN[C@@H](CC)c2ccccc2)c1. The predicted molar refractivity (Wildman–Crippen MR) is 154 cm³/mol. The number of nitrogens with one attached hydrogen (secondary N) is 2. The van der Waals surface area contributed by atoms with Crippen molar-refractivity contribution in [3.05, 3.63) is 102 Å². The summed E-state index contributed by atoms with van der Waals surface area (Å²) in [5.41, 5.74) is 2.88. The second-order valence-corrected chi connectivity index (χ2v) is 11.6. The monoisotopic (exact) mass is 537 g/mol. The maximum atomic E-state index is 13.3. The average molecular weight is 538 g/mol. The van der Waals surface area contributed by atoms with Gasteiger partial charge in [0.15, 0.2) is 0 Å². The Bertz CT molecular complexity index is 1250. The van der Waals surface area contributed by atoms with Gasteiger partial charge in [-0.3, -0.25) is 9.10 Å². The molecule has 204 valence electrons. The number of sulfonamides is 1. The molecule has 2 unspecified atom stereocenters. The van der Waals surface area contributed by atoms with Crippen molar-refractivity contribution < 1.29 is 18.3 Å². The zero-order chi connectivity index (χ0) is 27.5. The highest BCUT2D eigenvalue weighted by atomic mass is 32.2. The Kier molecular flexibility index (Phi) is 10.9. The summed E-state index contributed by atoms with van der Waals surface area (Å²) in [6, 6.07) is 25.8. The number of nitrogens with zero attached hydrogens (tertiary/aromatic N) is 1. The van der Waals surface area contributed by atoms with Gasteiger partial charge < -0.3 is 15.7 Å². The van der Waals surface area contributed by atoms with Gasteiger partial charge in [-0.2, -0.15) is 0 Å². The number of rotatable bonds is 14. The number of carbonyl (C=O) groups is 1. The van der Waals surface area contributed by atoms with Gasteiger partial charge in [-0.15, -0.1) is 0 Å². The minimum Gasteiger partial charge on any atom is -0.390 e. The predicted octanol–water partition coefficient (Wildman–Crippen LogP) is 4.31. The van der Waals surface area contributed by atoms with Crippen molar-refractivity contribution in [3.63, 3.8) is 0 Å². The van der Waals surface area contributed by atoms with Crippen molar-refractivity contribution in [3.8, 4) is 0 Å². The molecular formula is C30H39N3O4S. The molecule has 8 heteroatoms. The molecule has 0 fully saturated rings. The van der Waals surface area contributed by atoms with Crippen molar-refractivity contribution in [2.45, 2.75) is 51.3 Å². The summed E-state index contributed by atoms with van der Waals surface area (Å²) in [5.74, 6) is -0.344. The number of hydrogen-bond acceptors (Lipinski definition) is 5. The van der Waals surface area contributed by atoms with Crippen LogP contribution in [0.3, 0.4) is 0 Å². The van der Waals surface area contributed by atoms with Crippen LogP contribution in [0.5, 0.6) is 0 Å². The number of benzene rings is 3. The second kappa shape index (κ2) is 14.1. The van der Waals surface area contributed by atoms with Gasteiger partial charge in [0.2, 0.25) is 10.0 Å². The lowest BCUT2D eigenvalue weighted by Gasteiger charge is -2.27. The molecule has 38 heavy (non-hydrogen) atoms. The summed E-state index contributed by atoms with van der Waals surface area (Å²) in [7, 11) is -1.98. The molecule has 7 nitrogen and oxygen atoms in total. The number of anilines is 1. The van der Waals surface area contributed by atoms with E-state index in [-0.39, 0.29) is 17.7 Å². The fourth-order valence-corrected chi connectivity index (χ4v) is 5.61. The Morgan fingerprint density at radius 2 is 1.61 bits per heavy atom. The maximum Gasteiger partial charge on any atom is 0.251 e. The van der Waals surface area contributed by atoms with Crippen molar-refractivity contribution in [1.29, 1.82) is 0 Å². The number of amides is 1. The lowest BCUT2D eigenvalue weighted by Crippen LogP contribution is -2.49. The Labute approximate surface area is 227 Å². The Morgan fingerprint density at radius 1 is 0.947 bits per heavy atom. The number of hydrogen-bond donors (Lipinski definition) is 3. The molecule has 3 atom stereocenters. The first kappa shape index (κ1) is 29.4. The molecule has 0 spiro atoms. The Morgan fingerprint density at radius 3 is 2.24 bits per heavy atom. The molecule has 0 radical (unpaired) electrons. The Hall–Kier alpha value is -3.20. The normalized spacial score (nSPS) is 13.9. The van der Waals surface area contributed by atoms with Crippen molar-refractivity contribution in [1.82, 2.24) is 10.6 Å². The van der Waals surface area contributed by atoms with Gasteiger partial charge in [0.05, 0.1) is 23.6 Å². The van der Waals surface area contributed by atoms with E-state index in [4.69, 9.17) is 0 Å². The van der Waals surface area contributed by atoms with Crippen LogP contribution in [-0.4, -0.2) is 50.9 Å². The van der Waals surface area contributed by atoms with E-state index < -0.39 is 22.2 Å². The molecule has 0 saturated carbocycles. The first-order valence-corrected chi connectivity index (χ1v) is 14.7. The van der Waals surface area contributed by atoms with Crippen LogP contribution in [0.4, 0.5) is 5.69 Å². The van der Waals surface area contributed by atoms with Crippen LogP contribution in [0.15, 0.2) is 84.9 Å². The van der Waals surface area contributed by atoms with Crippen LogP contribution in [0.2, 0.25) is 0 Å². The van der Waals surface area contributed by atoms with E-state index in [1.54, 1.807) is 24.3 Å². The van der Waals surface area contributed by atoms with Crippen molar-refractivity contribution >= 4 is 21.6 Å². The van der Waals surface area contributed by atoms with Gasteiger partial charge in [0, 0.05) is 25.2 Å². The third-order valence-corrected chi connectivity index (χ3v) is 8.58. The molecule has 0 aliphatic rings. The summed E-state index contributed by atoms with van der Waals surface area (Å²) in [6.45, 7) is 4.19. The maximum absolute atomic E-state index is 13.3. The lowest BCUT2D eigenvalue weighted by atomic mass is 9.99. The molecule has 0 aliphatic carbocycles. The minimum absolute atomic E-state index is 0.0278. The van der Waals surface area contributed by atoms with Crippen LogP contribution in [0, 0.1) is 0 Å². The van der Waals surface area contributed by atoms with Crippen molar-refractivity contribution in [2.24, 2.45) is 0 Å². The number of carbonyl (C=O) groups excluding carboxylic acids is 1. The van der Waals surface area contributed by atoms with Crippen molar-refractivity contribution in [2.75, 3.05) is 23.7 Å². The lowest BCUT2D eigenvalue weighted by molar-refractivity contribution is 0.0824. The first-order chi connectivity index (χ1) is 18.2. The molecule has 0 saturated heterocycles. The van der Waals surface area contributed by atoms with E-state index in [0.29, 0.717) is 30.6 Å². The Balaban J connectivity index is 1.77. The molecule has 0 aromatic heterocycles.